The lowest BCUT2D eigenvalue weighted by Crippen LogP contribution is -2.22. The number of halogens is 1. The van der Waals surface area contributed by atoms with E-state index in [0.717, 1.165) is 10.4 Å². The number of amides is 1. The number of benzene rings is 2. The third-order valence-electron chi connectivity index (χ3n) is 4.86. The first-order valence-electron chi connectivity index (χ1n) is 8.64. The van der Waals surface area contributed by atoms with Gasteiger partial charge in [0, 0.05) is 33.7 Å². The van der Waals surface area contributed by atoms with Crippen molar-refractivity contribution >= 4 is 22.9 Å². The second-order valence-electron chi connectivity index (χ2n) is 6.45. The average Bonchev–Trinajstić information content (AvgIpc) is 3.11. The maximum absolute atomic E-state index is 14.3. The molecule has 4 rings (SSSR count). The lowest BCUT2D eigenvalue weighted by molar-refractivity contribution is -0.116. The second kappa shape index (κ2) is 7.16. The van der Waals surface area contributed by atoms with Gasteiger partial charge in [0.2, 0.25) is 11.7 Å². The van der Waals surface area contributed by atoms with Crippen molar-refractivity contribution in [3.05, 3.63) is 58.0 Å². The van der Waals surface area contributed by atoms with Crippen LogP contribution < -0.4 is 14.8 Å². The molecule has 2 heterocycles. The number of hydrogen-bond donors (Lipinski definition) is 2. The molecule has 3 aromatic rings. The van der Waals surface area contributed by atoms with Gasteiger partial charge in [-0.1, -0.05) is 18.2 Å². The fourth-order valence-corrected chi connectivity index (χ4v) is 4.64. The lowest BCUT2D eigenvalue weighted by Gasteiger charge is -2.25. The van der Waals surface area contributed by atoms with Crippen LogP contribution in [0.2, 0.25) is 0 Å². The Balaban J connectivity index is 1.85. The molecule has 0 aliphatic carbocycles. The fourth-order valence-electron chi connectivity index (χ4n) is 3.49. The minimum Gasteiger partial charge on any atom is -0.502 e. The van der Waals surface area contributed by atoms with Crippen LogP contribution in [0.3, 0.4) is 0 Å². The molecule has 0 radical (unpaired) electrons. The molecule has 1 aliphatic heterocycles. The molecule has 2 N–H and O–H groups in total. The Bertz CT molecular complexity index is 1040. The molecule has 0 unspecified atom stereocenters. The van der Waals surface area contributed by atoms with Crippen LogP contribution in [0, 0.1) is 5.82 Å². The molecule has 0 spiro atoms. The third-order valence-corrected chi connectivity index (χ3v) is 5.95. The van der Waals surface area contributed by atoms with Crippen LogP contribution in [-0.2, 0) is 4.79 Å². The SMILES string of the molecule is COc1cc([C@H]2CC(=O)Nc3c(-c4ccccc4F)csc32)cc(OC)c1O. The van der Waals surface area contributed by atoms with Gasteiger partial charge in [0.05, 0.1) is 19.9 Å². The Morgan fingerprint density at radius 2 is 1.82 bits per heavy atom. The number of carbonyl (C=O) groups is 1. The summed E-state index contributed by atoms with van der Waals surface area (Å²) < 4.78 is 24.8. The number of thiophene rings is 1. The highest BCUT2D eigenvalue weighted by atomic mass is 32.1. The molecule has 1 aliphatic rings. The quantitative estimate of drug-likeness (QED) is 0.664. The molecule has 0 saturated carbocycles. The Morgan fingerprint density at radius 1 is 1.14 bits per heavy atom. The summed E-state index contributed by atoms with van der Waals surface area (Å²) >= 11 is 1.47. The van der Waals surface area contributed by atoms with Crippen molar-refractivity contribution in [2.24, 2.45) is 0 Å². The molecule has 0 fully saturated rings. The number of aromatic hydroxyl groups is 1. The van der Waals surface area contributed by atoms with E-state index in [1.165, 1.54) is 31.6 Å². The monoisotopic (exact) mass is 399 g/mol. The van der Waals surface area contributed by atoms with Crippen LogP contribution in [0.4, 0.5) is 10.1 Å². The molecule has 7 heteroatoms. The van der Waals surface area contributed by atoms with Gasteiger partial charge in [0.15, 0.2) is 11.5 Å². The first kappa shape index (κ1) is 18.3. The molecule has 1 atom stereocenters. The van der Waals surface area contributed by atoms with Gasteiger partial charge in [0.25, 0.3) is 0 Å². The highest BCUT2D eigenvalue weighted by Crippen LogP contribution is 2.49. The summed E-state index contributed by atoms with van der Waals surface area (Å²) in [5.74, 6) is -0.294. The summed E-state index contributed by atoms with van der Waals surface area (Å²) in [4.78, 5) is 13.4. The average molecular weight is 399 g/mol. The van der Waals surface area contributed by atoms with Crippen molar-refractivity contribution in [2.45, 2.75) is 12.3 Å². The zero-order valence-electron chi connectivity index (χ0n) is 15.3. The van der Waals surface area contributed by atoms with Crippen LogP contribution in [0.15, 0.2) is 41.8 Å². The second-order valence-corrected chi connectivity index (χ2v) is 7.36. The third kappa shape index (κ3) is 2.97. The number of nitrogens with one attached hydrogen (secondary N) is 1. The molecule has 2 aromatic carbocycles. The molecule has 1 amide bonds. The van der Waals surface area contributed by atoms with Crippen molar-refractivity contribution < 1.29 is 23.8 Å². The van der Waals surface area contributed by atoms with Crippen LogP contribution in [-0.4, -0.2) is 25.2 Å². The summed E-state index contributed by atoms with van der Waals surface area (Å²) in [6, 6.07) is 9.90. The van der Waals surface area contributed by atoms with Crippen molar-refractivity contribution in [1.82, 2.24) is 0 Å². The topological polar surface area (TPSA) is 67.8 Å². The number of carbonyl (C=O) groups excluding carboxylic acids is 1. The normalized spacial score (nSPS) is 15.7. The van der Waals surface area contributed by atoms with Gasteiger partial charge in [-0.2, -0.15) is 0 Å². The van der Waals surface area contributed by atoms with Gasteiger partial charge in [0.1, 0.15) is 5.82 Å². The molecule has 28 heavy (non-hydrogen) atoms. The highest BCUT2D eigenvalue weighted by molar-refractivity contribution is 7.11. The summed E-state index contributed by atoms with van der Waals surface area (Å²) in [7, 11) is 2.91. The predicted molar refractivity (Wildman–Crippen MR) is 106 cm³/mol. The maximum atomic E-state index is 14.3. The zero-order valence-corrected chi connectivity index (χ0v) is 16.1. The number of phenolic OH excluding ortho intramolecular Hbond substituents is 1. The zero-order chi connectivity index (χ0) is 19.8. The van der Waals surface area contributed by atoms with Gasteiger partial charge >= 0.3 is 0 Å². The van der Waals surface area contributed by atoms with Gasteiger partial charge < -0.3 is 19.9 Å². The Kier molecular flexibility index (Phi) is 4.68. The number of anilines is 1. The van der Waals surface area contributed by atoms with Gasteiger partial charge in [-0.15, -0.1) is 11.3 Å². The number of methoxy groups -OCH3 is 2. The molecule has 0 saturated heterocycles. The van der Waals surface area contributed by atoms with Gasteiger partial charge in [-0.3, -0.25) is 4.79 Å². The molecular formula is C21H18FNO4S. The van der Waals surface area contributed by atoms with Crippen LogP contribution in [0.1, 0.15) is 22.8 Å². The van der Waals surface area contributed by atoms with Crippen LogP contribution in [0.25, 0.3) is 11.1 Å². The van der Waals surface area contributed by atoms with E-state index in [9.17, 15) is 14.3 Å². The van der Waals surface area contributed by atoms with E-state index >= 15 is 0 Å². The Morgan fingerprint density at radius 3 is 2.46 bits per heavy atom. The first-order valence-corrected chi connectivity index (χ1v) is 9.52. The van der Waals surface area contributed by atoms with E-state index in [-0.39, 0.29) is 41.3 Å². The molecular weight excluding hydrogens is 381 g/mol. The summed E-state index contributed by atoms with van der Waals surface area (Å²) in [5.41, 5.74) is 2.52. The van der Waals surface area contributed by atoms with E-state index in [2.05, 4.69) is 5.32 Å². The molecule has 1 aromatic heterocycles. The van der Waals surface area contributed by atoms with E-state index in [4.69, 9.17) is 9.47 Å². The van der Waals surface area contributed by atoms with E-state index in [0.29, 0.717) is 16.8 Å². The Hall–Kier alpha value is -3.06. The number of ether oxygens (including phenoxy) is 2. The highest BCUT2D eigenvalue weighted by Gasteiger charge is 2.32. The number of rotatable bonds is 4. The lowest BCUT2D eigenvalue weighted by atomic mass is 9.88. The van der Waals surface area contributed by atoms with E-state index in [1.807, 2.05) is 5.38 Å². The minimum absolute atomic E-state index is 0.0903. The standard InChI is InChI=1S/C21H18FNO4S/c1-26-16-7-11(8-17(27-2)20(16)25)13-9-18(24)23-19-14(10-28-21(13)19)12-5-3-4-6-15(12)22/h3-8,10,13,25H,9H2,1-2H3,(H,23,24)/t13-/m1/s1. The molecule has 5 nitrogen and oxygen atoms in total. The van der Waals surface area contributed by atoms with Gasteiger partial charge in [-0.05, 0) is 23.8 Å². The van der Waals surface area contributed by atoms with Crippen molar-refractivity contribution in [3.63, 3.8) is 0 Å². The van der Waals surface area contributed by atoms with Gasteiger partial charge in [-0.25, -0.2) is 4.39 Å². The minimum atomic E-state index is -0.340. The van der Waals surface area contributed by atoms with Crippen LogP contribution >= 0.6 is 11.3 Å². The largest absolute Gasteiger partial charge is 0.502 e. The van der Waals surface area contributed by atoms with E-state index in [1.54, 1.807) is 30.3 Å². The fraction of sp³-hybridized carbons (Fsp3) is 0.190. The number of hydrogen-bond acceptors (Lipinski definition) is 5. The summed E-state index contributed by atoms with van der Waals surface area (Å²) in [6.07, 6.45) is 0.237. The number of phenols is 1. The predicted octanol–water partition coefficient (Wildman–Crippen LogP) is 4.75. The number of fused-ring (bicyclic) bond motifs is 1. The van der Waals surface area contributed by atoms with Crippen molar-refractivity contribution in [3.8, 4) is 28.4 Å². The first-order chi connectivity index (χ1) is 13.5. The van der Waals surface area contributed by atoms with Crippen LogP contribution in [0.5, 0.6) is 17.2 Å². The van der Waals surface area contributed by atoms with Crippen molar-refractivity contribution in [2.75, 3.05) is 19.5 Å². The van der Waals surface area contributed by atoms with E-state index < -0.39 is 0 Å². The summed E-state index contributed by atoms with van der Waals surface area (Å²) in [6.45, 7) is 0. The summed E-state index contributed by atoms with van der Waals surface area (Å²) in [5, 5.41) is 14.9. The smallest absolute Gasteiger partial charge is 0.225 e. The Labute approximate surface area is 165 Å². The van der Waals surface area contributed by atoms with Crippen molar-refractivity contribution in [1.29, 1.82) is 0 Å². The maximum Gasteiger partial charge on any atom is 0.225 e. The molecule has 144 valence electrons. The molecule has 0 bridgehead atoms.